The molecule has 1 aliphatic heterocycles. The number of piperazine rings is 1. The van der Waals surface area contributed by atoms with Crippen molar-refractivity contribution in [3.8, 4) is 0 Å². The summed E-state index contributed by atoms with van der Waals surface area (Å²) in [4.78, 5) is 15.8. The summed E-state index contributed by atoms with van der Waals surface area (Å²) in [6.45, 7) is 7.23. The van der Waals surface area contributed by atoms with Crippen molar-refractivity contribution in [2.45, 2.75) is 52.1 Å². The minimum Gasteiger partial charge on any atom is -0.338 e. The third-order valence-corrected chi connectivity index (χ3v) is 4.30. The summed E-state index contributed by atoms with van der Waals surface area (Å²) in [7, 11) is 0. The summed E-state index contributed by atoms with van der Waals surface area (Å²) in [6, 6.07) is -0.481. The molecular weight excluding hydrogens is 264 g/mol. The molecule has 0 unspecified atom stereocenters. The molecular formula is C14H27F2N3O. The van der Waals surface area contributed by atoms with Crippen molar-refractivity contribution in [3.63, 3.8) is 0 Å². The van der Waals surface area contributed by atoms with Crippen molar-refractivity contribution >= 4 is 5.91 Å². The standard InChI is InChI=1S/C14H27F2N3O/c1-4-10(3)13(17)14(20)19-7-6-18(9-12(15)16)11(5-2)8-19/h10-13H,4-9,17H2,1-3H3/t10-,11-,13+/m0/s1. The zero-order valence-electron chi connectivity index (χ0n) is 12.7. The van der Waals surface area contributed by atoms with E-state index in [-0.39, 0.29) is 24.4 Å². The Morgan fingerprint density at radius 2 is 2.00 bits per heavy atom. The van der Waals surface area contributed by atoms with Crippen molar-refractivity contribution in [2.24, 2.45) is 11.7 Å². The first-order valence-electron chi connectivity index (χ1n) is 7.47. The number of rotatable bonds is 6. The van der Waals surface area contributed by atoms with Crippen LogP contribution in [0.15, 0.2) is 0 Å². The van der Waals surface area contributed by atoms with E-state index in [0.717, 1.165) is 12.8 Å². The van der Waals surface area contributed by atoms with E-state index in [1.54, 1.807) is 9.80 Å². The molecule has 1 aliphatic rings. The first-order valence-corrected chi connectivity index (χ1v) is 7.47. The maximum atomic E-state index is 12.5. The van der Waals surface area contributed by atoms with Crippen LogP contribution in [-0.2, 0) is 4.79 Å². The van der Waals surface area contributed by atoms with E-state index in [4.69, 9.17) is 5.73 Å². The molecule has 3 atom stereocenters. The number of alkyl halides is 2. The van der Waals surface area contributed by atoms with Gasteiger partial charge in [-0.25, -0.2) is 8.78 Å². The van der Waals surface area contributed by atoms with E-state index >= 15 is 0 Å². The van der Waals surface area contributed by atoms with Gasteiger partial charge in [-0.2, -0.15) is 0 Å². The summed E-state index contributed by atoms with van der Waals surface area (Å²) < 4.78 is 25.0. The molecule has 2 N–H and O–H groups in total. The zero-order chi connectivity index (χ0) is 15.3. The molecule has 4 nitrogen and oxygen atoms in total. The van der Waals surface area contributed by atoms with E-state index in [1.807, 2.05) is 20.8 Å². The van der Waals surface area contributed by atoms with Gasteiger partial charge in [-0.3, -0.25) is 9.69 Å². The smallest absolute Gasteiger partial charge is 0.251 e. The second kappa shape index (κ2) is 7.88. The van der Waals surface area contributed by atoms with Crippen LogP contribution in [-0.4, -0.2) is 60.4 Å². The van der Waals surface area contributed by atoms with Gasteiger partial charge >= 0.3 is 0 Å². The van der Waals surface area contributed by atoms with Crippen LogP contribution in [0.4, 0.5) is 8.78 Å². The Morgan fingerprint density at radius 1 is 1.35 bits per heavy atom. The Balaban J connectivity index is 2.61. The predicted molar refractivity (Wildman–Crippen MR) is 75.7 cm³/mol. The van der Waals surface area contributed by atoms with Crippen LogP contribution in [0.3, 0.4) is 0 Å². The van der Waals surface area contributed by atoms with Gasteiger partial charge in [0.15, 0.2) is 0 Å². The summed E-state index contributed by atoms with van der Waals surface area (Å²) in [5.41, 5.74) is 5.98. The van der Waals surface area contributed by atoms with Gasteiger partial charge in [0.05, 0.1) is 12.6 Å². The summed E-state index contributed by atoms with van der Waals surface area (Å²) in [6.07, 6.45) is -0.710. The number of amides is 1. The first kappa shape index (κ1) is 17.3. The highest BCUT2D eigenvalue weighted by Gasteiger charge is 2.32. The lowest BCUT2D eigenvalue weighted by molar-refractivity contribution is -0.137. The quantitative estimate of drug-likeness (QED) is 0.808. The second-order valence-corrected chi connectivity index (χ2v) is 5.64. The number of carbonyl (C=O) groups is 1. The molecule has 1 heterocycles. The van der Waals surface area contributed by atoms with E-state index in [9.17, 15) is 13.6 Å². The van der Waals surface area contributed by atoms with Crippen molar-refractivity contribution in [2.75, 3.05) is 26.2 Å². The molecule has 0 saturated carbocycles. The SMILES string of the molecule is CC[C@H]1CN(C(=O)[C@H](N)[C@@H](C)CC)CCN1CC(F)F. The van der Waals surface area contributed by atoms with Crippen LogP contribution in [0.1, 0.15) is 33.6 Å². The highest BCUT2D eigenvalue weighted by atomic mass is 19.3. The first-order chi connectivity index (χ1) is 9.40. The molecule has 0 bridgehead atoms. The molecule has 0 aliphatic carbocycles. The Kier molecular flexibility index (Phi) is 6.82. The van der Waals surface area contributed by atoms with E-state index in [2.05, 4.69) is 0 Å². The lowest BCUT2D eigenvalue weighted by Gasteiger charge is -2.42. The molecule has 0 aromatic carbocycles. The van der Waals surface area contributed by atoms with E-state index in [0.29, 0.717) is 19.6 Å². The Bertz CT molecular complexity index is 315. The van der Waals surface area contributed by atoms with E-state index < -0.39 is 12.5 Å². The van der Waals surface area contributed by atoms with Crippen molar-refractivity contribution in [3.05, 3.63) is 0 Å². The number of nitrogens with two attached hydrogens (primary N) is 1. The molecule has 118 valence electrons. The average molecular weight is 291 g/mol. The minimum absolute atomic E-state index is 0.00540. The average Bonchev–Trinajstić information content (AvgIpc) is 2.44. The number of carbonyl (C=O) groups excluding carboxylic acids is 1. The van der Waals surface area contributed by atoms with Crippen molar-refractivity contribution in [1.29, 1.82) is 0 Å². The molecule has 1 rings (SSSR count). The fraction of sp³-hybridized carbons (Fsp3) is 0.929. The number of nitrogens with zero attached hydrogens (tertiary/aromatic N) is 2. The largest absolute Gasteiger partial charge is 0.338 e. The van der Waals surface area contributed by atoms with Crippen molar-refractivity contribution < 1.29 is 13.6 Å². The lowest BCUT2D eigenvalue weighted by Crippen LogP contribution is -2.58. The highest BCUT2D eigenvalue weighted by Crippen LogP contribution is 2.17. The van der Waals surface area contributed by atoms with Gasteiger partial charge in [-0.05, 0) is 12.3 Å². The van der Waals surface area contributed by atoms with Crippen LogP contribution >= 0.6 is 0 Å². The Labute approximate surface area is 120 Å². The molecule has 20 heavy (non-hydrogen) atoms. The highest BCUT2D eigenvalue weighted by molar-refractivity contribution is 5.82. The maximum absolute atomic E-state index is 12.5. The van der Waals surface area contributed by atoms with Crippen molar-refractivity contribution in [1.82, 2.24) is 9.80 Å². The summed E-state index contributed by atoms with van der Waals surface area (Å²) >= 11 is 0. The Hall–Kier alpha value is -0.750. The van der Waals surface area contributed by atoms with Crippen LogP contribution in [0, 0.1) is 5.92 Å². The van der Waals surface area contributed by atoms with Gasteiger partial charge in [0, 0.05) is 25.7 Å². The number of hydrogen-bond acceptors (Lipinski definition) is 3. The van der Waals surface area contributed by atoms with Gasteiger partial charge in [0.2, 0.25) is 5.91 Å². The van der Waals surface area contributed by atoms with Gasteiger partial charge < -0.3 is 10.6 Å². The van der Waals surface area contributed by atoms with Gasteiger partial charge in [-0.1, -0.05) is 27.2 Å². The van der Waals surface area contributed by atoms with Gasteiger partial charge in [0.1, 0.15) is 0 Å². The van der Waals surface area contributed by atoms with Crippen LogP contribution in [0.5, 0.6) is 0 Å². The van der Waals surface area contributed by atoms with Crippen LogP contribution in [0.2, 0.25) is 0 Å². The van der Waals surface area contributed by atoms with Gasteiger partial charge in [-0.15, -0.1) is 0 Å². The van der Waals surface area contributed by atoms with E-state index in [1.165, 1.54) is 0 Å². The molecule has 1 fully saturated rings. The predicted octanol–water partition coefficient (Wildman–Crippen LogP) is 1.55. The Morgan fingerprint density at radius 3 is 2.50 bits per heavy atom. The third-order valence-electron chi connectivity index (χ3n) is 4.30. The fourth-order valence-corrected chi connectivity index (χ4v) is 2.61. The third kappa shape index (κ3) is 4.38. The number of hydrogen-bond donors (Lipinski definition) is 1. The van der Waals surface area contributed by atoms with Gasteiger partial charge in [0.25, 0.3) is 6.43 Å². The topological polar surface area (TPSA) is 49.6 Å². The molecule has 1 saturated heterocycles. The van der Waals surface area contributed by atoms with Crippen LogP contribution in [0.25, 0.3) is 0 Å². The number of halogens is 2. The fourth-order valence-electron chi connectivity index (χ4n) is 2.61. The molecule has 0 spiro atoms. The molecule has 0 radical (unpaired) electrons. The zero-order valence-corrected chi connectivity index (χ0v) is 12.7. The molecule has 0 aromatic heterocycles. The lowest BCUT2D eigenvalue weighted by atomic mass is 9.98. The maximum Gasteiger partial charge on any atom is 0.251 e. The second-order valence-electron chi connectivity index (χ2n) is 5.64. The summed E-state index contributed by atoms with van der Waals surface area (Å²) in [5.74, 6) is 0.0937. The van der Waals surface area contributed by atoms with Crippen LogP contribution < -0.4 is 5.73 Å². The molecule has 0 aromatic rings. The normalized spacial score (nSPS) is 23.9. The molecule has 6 heteroatoms. The monoisotopic (exact) mass is 291 g/mol. The summed E-state index contributed by atoms with van der Waals surface area (Å²) in [5, 5.41) is 0. The molecule has 1 amide bonds. The minimum atomic E-state index is -2.33.